The van der Waals surface area contributed by atoms with E-state index in [0.29, 0.717) is 23.7 Å². The molecule has 1 aliphatic heterocycles. The molecule has 1 saturated carbocycles. The predicted octanol–water partition coefficient (Wildman–Crippen LogP) is 0.528. The zero-order valence-corrected chi connectivity index (χ0v) is 12.7. The second-order valence-electron chi connectivity index (χ2n) is 5.50. The van der Waals surface area contributed by atoms with Crippen molar-refractivity contribution in [1.29, 1.82) is 0 Å². The zero-order chi connectivity index (χ0) is 14.7. The van der Waals surface area contributed by atoms with Crippen LogP contribution in [0.3, 0.4) is 0 Å². The lowest BCUT2D eigenvalue weighted by Gasteiger charge is -2.24. The quantitative estimate of drug-likeness (QED) is 0.714. The van der Waals surface area contributed by atoms with Crippen LogP contribution < -0.4 is 15.4 Å². The van der Waals surface area contributed by atoms with E-state index in [1.165, 1.54) is 0 Å². The highest BCUT2D eigenvalue weighted by molar-refractivity contribution is 7.89. The standard InChI is InChI=1S/C14H21N3O3S/c18-21(19,17-11-5-6-11)14-4-2-1-3-13(14)16-9-12-10-20-8-7-15-12/h1-4,11-12,15-17H,5-10H2. The van der Waals surface area contributed by atoms with E-state index < -0.39 is 10.0 Å². The molecular formula is C14H21N3O3S. The summed E-state index contributed by atoms with van der Waals surface area (Å²) in [6.45, 7) is 2.83. The fourth-order valence-electron chi connectivity index (χ4n) is 2.32. The van der Waals surface area contributed by atoms with Gasteiger partial charge in [0.25, 0.3) is 0 Å². The smallest absolute Gasteiger partial charge is 0.242 e. The zero-order valence-electron chi connectivity index (χ0n) is 11.8. The lowest BCUT2D eigenvalue weighted by Crippen LogP contribution is -2.45. The molecule has 0 spiro atoms. The van der Waals surface area contributed by atoms with Gasteiger partial charge in [0.1, 0.15) is 4.90 Å². The van der Waals surface area contributed by atoms with E-state index in [-0.39, 0.29) is 12.1 Å². The van der Waals surface area contributed by atoms with Crippen LogP contribution in [0.25, 0.3) is 0 Å². The number of morpholine rings is 1. The third kappa shape index (κ3) is 3.94. The van der Waals surface area contributed by atoms with Crippen molar-refractivity contribution in [2.24, 2.45) is 0 Å². The topological polar surface area (TPSA) is 79.5 Å². The first kappa shape index (κ1) is 14.8. The third-order valence-electron chi connectivity index (χ3n) is 3.61. The number of anilines is 1. The number of para-hydroxylation sites is 1. The maximum absolute atomic E-state index is 12.4. The molecular weight excluding hydrogens is 290 g/mol. The summed E-state index contributed by atoms with van der Waals surface area (Å²) >= 11 is 0. The van der Waals surface area contributed by atoms with Gasteiger partial charge in [-0.15, -0.1) is 0 Å². The summed E-state index contributed by atoms with van der Waals surface area (Å²) in [6.07, 6.45) is 1.86. The number of nitrogens with one attached hydrogen (secondary N) is 3. The maximum atomic E-state index is 12.4. The van der Waals surface area contributed by atoms with E-state index in [4.69, 9.17) is 4.74 Å². The highest BCUT2D eigenvalue weighted by Crippen LogP contribution is 2.25. The number of hydrogen-bond acceptors (Lipinski definition) is 5. The van der Waals surface area contributed by atoms with Crippen molar-refractivity contribution < 1.29 is 13.2 Å². The van der Waals surface area contributed by atoms with Crippen molar-refractivity contribution in [3.8, 4) is 0 Å². The molecule has 1 saturated heterocycles. The lowest BCUT2D eigenvalue weighted by atomic mass is 10.2. The SMILES string of the molecule is O=S(=O)(NC1CC1)c1ccccc1NCC1COCCN1. The highest BCUT2D eigenvalue weighted by Gasteiger charge is 2.29. The minimum Gasteiger partial charge on any atom is -0.382 e. The Morgan fingerprint density at radius 2 is 2.10 bits per heavy atom. The molecule has 1 heterocycles. The minimum atomic E-state index is -3.44. The normalized spacial score (nSPS) is 23.0. The van der Waals surface area contributed by atoms with Gasteiger partial charge in [-0.3, -0.25) is 0 Å². The van der Waals surface area contributed by atoms with Crippen molar-refractivity contribution >= 4 is 15.7 Å². The van der Waals surface area contributed by atoms with Crippen LogP contribution in [0.1, 0.15) is 12.8 Å². The molecule has 3 rings (SSSR count). The second-order valence-corrected chi connectivity index (χ2v) is 7.18. The molecule has 3 N–H and O–H groups in total. The van der Waals surface area contributed by atoms with Gasteiger partial charge in [0.05, 0.1) is 18.9 Å². The molecule has 21 heavy (non-hydrogen) atoms. The summed E-state index contributed by atoms with van der Waals surface area (Å²) in [4.78, 5) is 0.314. The first-order valence-electron chi connectivity index (χ1n) is 7.31. The van der Waals surface area contributed by atoms with E-state index in [1.807, 2.05) is 6.07 Å². The molecule has 0 bridgehead atoms. The highest BCUT2D eigenvalue weighted by atomic mass is 32.2. The average molecular weight is 311 g/mol. The number of benzene rings is 1. The van der Waals surface area contributed by atoms with Gasteiger partial charge in [-0.05, 0) is 25.0 Å². The van der Waals surface area contributed by atoms with Crippen LogP contribution in [0.15, 0.2) is 29.2 Å². The molecule has 7 heteroatoms. The largest absolute Gasteiger partial charge is 0.382 e. The van der Waals surface area contributed by atoms with Crippen molar-refractivity contribution in [3.05, 3.63) is 24.3 Å². The van der Waals surface area contributed by atoms with Crippen LogP contribution in [0.2, 0.25) is 0 Å². The molecule has 116 valence electrons. The van der Waals surface area contributed by atoms with E-state index in [9.17, 15) is 8.42 Å². The van der Waals surface area contributed by atoms with Gasteiger partial charge >= 0.3 is 0 Å². The number of sulfonamides is 1. The van der Waals surface area contributed by atoms with Gasteiger partial charge in [-0.1, -0.05) is 12.1 Å². The Morgan fingerprint density at radius 3 is 2.81 bits per heavy atom. The third-order valence-corrected chi connectivity index (χ3v) is 5.19. The maximum Gasteiger partial charge on any atom is 0.242 e. The molecule has 2 aliphatic rings. The van der Waals surface area contributed by atoms with Crippen molar-refractivity contribution in [2.75, 3.05) is 31.6 Å². The Bertz CT molecular complexity index is 581. The molecule has 1 aromatic rings. The molecule has 1 aliphatic carbocycles. The Hall–Kier alpha value is -1.15. The van der Waals surface area contributed by atoms with Crippen LogP contribution in [0, 0.1) is 0 Å². The molecule has 0 radical (unpaired) electrons. The molecule has 1 aromatic carbocycles. The Morgan fingerprint density at radius 1 is 1.29 bits per heavy atom. The first-order chi connectivity index (χ1) is 10.1. The van der Waals surface area contributed by atoms with Crippen molar-refractivity contribution in [2.45, 2.75) is 29.8 Å². The van der Waals surface area contributed by atoms with Crippen molar-refractivity contribution in [1.82, 2.24) is 10.0 Å². The number of hydrogen-bond donors (Lipinski definition) is 3. The van der Waals surface area contributed by atoms with E-state index >= 15 is 0 Å². The summed E-state index contributed by atoms with van der Waals surface area (Å²) < 4.78 is 32.8. The van der Waals surface area contributed by atoms with Crippen molar-refractivity contribution in [3.63, 3.8) is 0 Å². The summed E-state index contributed by atoms with van der Waals surface area (Å²) in [7, 11) is -3.44. The van der Waals surface area contributed by atoms with Crippen LogP contribution in [-0.2, 0) is 14.8 Å². The van der Waals surface area contributed by atoms with E-state index in [2.05, 4.69) is 15.4 Å². The van der Waals surface area contributed by atoms with Crippen LogP contribution in [0.5, 0.6) is 0 Å². The van der Waals surface area contributed by atoms with Gasteiger partial charge in [0.15, 0.2) is 0 Å². The summed E-state index contributed by atoms with van der Waals surface area (Å²) in [5, 5.41) is 6.56. The molecule has 1 unspecified atom stereocenters. The molecule has 1 atom stereocenters. The number of ether oxygens (including phenoxy) is 1. The first-order valence-corrected chi connectivity index (χ1v) is 8.80. The summed E-state index contributed by atoms with van der Waals surface area (Å²) in [6, 6.07) is 7.32. The fraction of sp³-hybridized carbons (Fsp3) is 0.571. The van der Waals surface area contributed by atoms with Gasteiger partial charge in [0, 0.05) is 25.2 Å². The van der Waals surface area contributed by atoms with Gasteiger partial charge in [-0.25, -0.2) is 13.1 Å². The minimum absolute atomic E-state index is 0.108. The summed E-state index contributed by atoms with van der Waals surface area (Å²) in [5.74, 6) is 0. The van der Waals surface area contributed by atoms with Gasteiger partial charge in [0.2, 0.25) is 10.0 Å². The molecule has 0 amide bonds. The average Bonchev–Trinajstić information content (AvgIpc) is 3.30. The molecule has 2 fully saturated rings. The predicted molar refractivity (Wildman–Crippen MR) is 80.9 cm³/mol. The van der Waals surface area contributed by atoms with Crippen LogP contribution in [-0.4, -0.2) is 46.8 Å². The number of rotatable bonds is 6. The Labute approximate surface area is 125 Å². The van der Waals surface area contributed by atoms with E-state index in [0.717, 1.165) is 26.0 Å². The van der Waals surface area contributed by atoms with Gasteiger partial charge in [-0.2, -0.15) is 0 Å². The Balaban J connectivity index is 1.69. The van der Waals surface area contributed by atoms with E-state index in [1.54, 1.807) is 18.2 Å². The van der Waals surface area contributed by atoms with Gasteiger partial charge < -0.3 is 15.4 Å². The fourth-order valence-corrected chi connectivity index (χ4v) is 3.80. The second kappa shape index (κ2) is 6.31. The lowest BCUT2D eigenvalue weighted by molar-refractivity contribution is 0.0806. The van der Waals surface area contributed by atoms with Crippen LogP contribution >= 0.6 is 0 Å². The monoisotopic (exact) mass is 311 g/mol. The Kier molecular flexibility index (Phi) is 4.44. The molecule has 0 aromatic heterocycles. The molecule has 6 nitrogen and oxygen atoms in total. The summed E-state index contributed by atoms with van der Waals surface area (Å²) in [5.41, 5.74) is 0.637. The van der Waals surface area contributed by atoms with Crippen LogP contribution in [0.4, 0.5) is 5.69 Å².